The van der Waals surface area contributed by atoms with Crippen LogP contribution in [0.25, 0.3) is 0 Å². The summed E-state index contributed by atoms with van der Waals surface area (Å²) in [5.41, 5.74) is 1.98. The lowest BCUT2D eigenvalue weighted by Crippen LogP contribution is -2.42. The van der Waals surface area contributed by atoms with Crippen molar-refractivity contribution in [2.75, 3.05) is 36.5 Å². The summed E-state index contributed by atoms with van der Waals surface area (Å²) in [6.45, 7) is 3.71. The Hall–Kier alpha value is -4.04. The molecule has 2 aromatic rings. The maximum Gasteiger partial charge on any atom is 0.328 e. The molecule has 1 saturated heterocycles. The van der Waals surface area contributed by atoms with Crippen molar-refractivity contribution < 1.29 is 23.9 Å². The third kappa shape index (κ3) is 5.11. The Bertz CT molecular complexity index is 1270. The van der Waals surface area contributed by atoms with E-state index in [1.165, 1.54) is 11.1 Å². The van der Waals surface area contributed by atoms with E-state index in [0.29, 0.717) is 67.4 Å². The van der Waals surface area contributed by atoms with Gasteiger partial charge in [-0.15, -0.1) is 0 Å². The fraction of sp³-hybridized carbons (Fsp3) is 0.462. The zero-order chi connectivity index (χ0) is 25.9. The Morgan fingerprint density at radius 2 is 2.22 bits per heavy atom. The molecule has 1 saturated carbocycles. The maximum absolute atomic E-state index is 13.3. The summed E-state index contributed by atoms with van der Waals surface area (Å²) in [7, 11) is 0. The Morgan fingerprint density at radius 1 is 1.35 bits per heavy atom. The van der Waals surface area contributed by atoms with Gasteiger partial charge in [0.25, 0.3) is 0 Å². The van der Waals surface area contributed by atoms with Crippen LogP contribution in [0.4, 0.5) is 16.4 Å². The van der Waals surface area contributed by atoms with Gasteiger partial charge in [0.1, 0.15) is 47.4 Å². The van der Waals surface area contributed by atoms with E-state index in [2.05, 4.69) is 28.3 Å². The van der Waals surface area contributed by atoms with Gasteiger partial charge in [-0.25, -0.2) is 14.8 Å². The number of rotatable bonds is 6. The lowest BCUT2D eigenvalue weighted by atomic mass is 9.83. The number of morpholine rings is 1. The Kier molecular flexibility index (Phi) is 7.01. The molecule has 3 aliphatic rings. The average Bonchev–Trinajstić information content (AvgIpc) is 2.91. The van der Waals surface area contributed by atoms with Gasteiger partial charge in [0, 0.05) is 31.3 Å². The number of hydrogen-bond donors (Lipinski definition) is 1. The van der Waals surface area contributed by atoms with E-state index >= 15 is 0 Å². The second-order valence-electron chi connectivity index (χ2n) is 9.57. The zero-order valence-electron chi connectivity index (χ0n) is 20.6. The molecule has 0 bridgehead atoms. The molecule has 2 unspecified atom stereocenters. The molecular weight excluding hydrogens is 476 g/mol. The van der Waals surface area contributed by atoms with E-state index in [4.69, 9.17) is 9.47 Å². The molecule has 11 heteroatoms. The van der Waals surface area contributed by atoms with E-state index in [1.54, 1.807) is 11.0 Å². The molecule has 1 aliphatic carbocycles. The van der Waals surface area contributed by atoms with Crippen LogP contribution in [-0.2, 0) is 22.5 Å². The quantitative estimate of drug-likeness (QED) is 0.593. The van der Waals surface area contributed by atoms with E-state index in [9.17, 15) is 19.6 Å². The van der Waals surface area contributed by atoms with Gasteiger partial charge in [-0.1, -0.05) is 6.92 Å². The molecule has 2 fully saturated rings. The lowest BCUT2D eigenvalue weighted by Gasteiger charge is -2.34. The minimum atomic E-state index is -0.443. The molecule has 5 rings (SSSR count). The molecule has 1 N–H and O–H groups in total. The van der Waals surface area contributed by atoms with Crippen molar-refractivity contribution in [2.24, 2.45) is 5.92 Å². The zero-order valence-corrected chi connectivity index (χ0v) is 20.6. The number of aryl methyl sites for hydroxylation is 1. The number of amides is 3. The number of nitrogens with zero attached hydrogens (tertiary/aromatic N) is 5. The minimum absolute atomic E-state index is 0.0263. The molecule has 3 amide bonds. The van der Waals surface area contributed by atoms with Gasteiger partial charge in [0.05, 0.1) is 12.8 Å². The molecule has 0 spiro atoms. The number of aromatic nitrogens is 2. The van der Waals surface area contributed by atoms with Crippen molar-refractivity contribution >= 4 is 29.9 Å². The first-order chi connectivity index (χ1) is 18.0. The highest BCUT2D eigenvalue weighted by atomic mass is 16.5. The molecule has 4 heterocycles. The SMILES string of the molecule is CC1CCC1Oc1cc(NC(=O)N2CCCc3cc(CN4CCOCC4=O)c(C=O)nc32)ncc1C#N. The monoisotopic (exact) mass is 504 g/mol. The number of pyridine rings is 2. The van der Waals surface area contributed by atoms with E-state index in [1.807, 2.05) is 6.07 Å². The number of ether oxygens (including phenoxy) is 2. The van der Waals surface area contributed by atoms with Gasteiger partial charge in [0.2, 0.25) is 5.91 Å². The fourth-order valence-electron chi connectivity index (χ4n) is 4.75. The summed E-state index contributed by atoms with van der Waals surface area (Å²) in [6.07, 6.45) is 5.50. The summed E-state index contributed by atoms with van der Waals surface area (Å²) in [5, 5.41) is 12.2. The summed E-state index contributed by atoms with van der Waals surface area (Å²) < 4.78 is 11.2. The van der Waals surface area contributed by atoms with Crippen molar-refractivity contribution in [1.82, 2.24) is 14.9 Å². The number of nitrogens with one attached hydrogen (secondary N) is 1. The Balaban J connectivity index is 1.35. The second-order valence-corrected chi connectivity index (χ2v) is 9.57. The number of aldehydes is 1. The van der Waals surface area contributed by atoms with E-state index < -0.39 is 6.03 Å². The first-order valence-electron chi connectivity index (χ1n) is 12.5. The minimum Gasteiger partial charge on any atom is -0.489 e. The highest BCUT2D eigenvalue weighted by Gasteiger charge is 2.30. The summed E-state index contributed by atoms with van der Waals surface area (Å²) in [6, 6.07) is 5.07. The van der Waals surface area contributed by atoms with Crippen LogP contribution < -0.4 is 15.0 Å². The predicted molar refractivity (Wildman–Crippen MR) is 132 cm³/mol. The third-order valence-corrected chi connectivity index (χ3v) is 7.12. The number of carbonyl (C=O) groups is 3. The first-order valence-corrected chi connectivity index (χ1v) is 12.5. The number of anilines is 2. The van der Waals surface area contributed by atoms with Crippen LogP contribution in [-0.4, -0.2) is 65.5 Å². The number of carbonyl (C=O) groups excluding carboxylic acids is 3. The lowest BCUT2D eigenvalue weighted by molar-refractivity contribution is -0.143. The van der Waals surface area contributed by atoms with Crippen LogP contribution in [0.1, 0.15) is 53.4 Å². The number of urea groups is 1. The molecule has 2 aromatic heterocycles. The number of hydrogen-bond acceptors (Lipinski definition) is 8. The number of nitriles is 1. The van der Waals surface area contributed by atoms with Crippen LogP contribution in [0, 0.1) is 17.2 Å². The first kappa shape index (κ1) is 24.6. The molecule has 2 atom stereocenters. The highest BCUT2D eigenvalue weighted by molar-refractivity contribution is 6.01. The number of fused-ring (bicyclic) bond motifs is 1. The molecule has 11 nitrogen and oxygen atoms in total. The second kappa shape index (κ2) is 10.5. The molecular formula is C26H28N6O5. The van der Waals surface area contributed by atoms with Gasteiger partial charge in [-0.3, -0.25) is 19.8 Å². The highest BCUT2D eigenvalue weighted by Crippen LogP contribution is 2.33. The predicted octanol–water partition coefficient (Wildman–Crippen LogP) is 2.68. The standard InChI is InChI=1S/C26H28N6O5/c1-16-4-5-21(16)37-22-10-23(28-12-19(22)11-27)30-26(35)32-6-2-3-17-9-18(20(14-33)29-25(17)32)13-31-7-8-36-15-24(31)34/h9-10,12,14,16,21H,2-8,13,15H2,1H3,(H,28,30,35). The molecule has 192 valence electrons. The van der Waals surface area contributed by atoms with Crippen molar-refractivity contribution in [3.05, 3.63) is 40.7 Å². The maximum atomic E-state index is 13.3. The molecule has 37 heavy (non-hydrogen) atoms. The van der Waals surface area contributed by atoms with Gasteiger partial charge < -0.3 is 14.4 Å². The Morgan fingerprint density at radius 3 is 2.92 bits per heavy atom. The van der Waals surface area contributed by atoms with Crippen molar-refractivity contribution in [2.45, 2.75) is 45.3 Å². The topological polar surface area (TPSA) is 138 Å². The van der Waals surface area contributed by atoms with Gasteiger partial charge in [-0.2, -0.15) is 5.26 Å². The van der Waals surface area contributed by atoms with Crippen molar-refractivity contribution in [3.8, 4) is 11.8 Å². The van der Waals surface area contributed by atoms with E-state index in [0.717, 1.165) is 18.4 Å². The Labute approximate surface area is 214 Å². The summed E-state index contributed by atoms with van der Waals surface area (Å²) in [4.78, 5) is 49.2. The average molecular weight is 505 g/mol. The van der Waals surface area contributed by atoms with Crippen molar-refractivity contribution in [1.29, 1.82) is 5.26 Å². The smallest absolute Gasteiger partial charge is 0.328 e. The normalized spacial score (nSPS) is 20.9. The molecule has 0 aromatic carbocycles. The van der Waals surface area contributed by atoms with Crippen LogP contribution in [0.3, 0.4) is 0 Å². The van der Waals surface area contributed by atoms with Crippen molar-refractivity contribution in [3.63, 3.8) is 0 Å². The van der Waals surface area contributed by atoms with Crippen LogP contribution in [0.2, 0.25) is 0 Å². The fourth-order valence-corrected chi connectivity index (χ4v) is 4.75. The summed E-state index contributed by atoms with van der Waals surface area (Å²) >= 11 is 0. The van der Waals surface area contributed by atoms with Gasteiger partial charge in [-0.05, 0) is 43.2 Å². The third-order valence-electron chi connectivity index (χ3n) is 7.12. The van der Waals surface area contributed by atoms with Crippen LogP contribution >= 0.6 is 0 Å². The molecule has 0 radical (unpaired) electrons. The van der Waals surface area contributed by atoms with Crippen LogP contribution in [0.15, 0.2) is 18.3 Å². The van der Waals surface area contributed by atoms with E-state index in [-0.39, 0.29) is 36.7 Å². The molecule has 2 aliphatic heterocycles. The van der Waals surface area contributed by atoms with Crippen LogP contribution in [0.5, 0.6) is 5.75 Å². The van der Waals surface area contributed by atoms with Gasteiger partial charge in [0.15, 0.2) is 6.29 Å². The van der Waals surface area contributed by atoms with Gasteiger partial charge >= 0.3 is 6.03 Å². The summed E-state index contributed by atoms with van der Waals surface area (Å²) in [5.74, 6) is 1.35. The largest absolute Gasteiger partial charge is 0.489 e.